The molecule has 1 rings (SSSR count). The number of aromatic nitrogens is 1. The Morgan fingerprint density at radius 3 is 2.50 bits per heavy atom. The second-order valence-corrected chi connectivity index (χ2v) is 1.99. The molecule has 0 aromatic carbocycles. The van der Waals surface area contributed by atoms with E-state index < -0.39 is 0 Å². The Hall–Kier alpha value is -1.87. The van der Waals surface area contributed by atoms with E-state index in [-0.39, 0.29) is 0 Å². The van der Waals surface area contributed by atoms with Crippen molar-refractivity contribution in [1.82, 2.24) is 4.98 Å². The SMILES string of the molecule is CC#N.[C-]#[N+]c1ccc(C)nc1. The minimum atomic E-state index is 0.598. The highest BCUT2D eigenvalue weighted by molar-refractivity contribution is 5.41. The minimum Gasteiger partial charge on any atom is -0.273 e. The van der Waals surface area contributed by atoms with E-state index in [9.17, 15) is 0 Å². The lowest BCUT2D eigenvalue weighted by Gasteiger charge is -1.87. The van der Waals surface area contributed by atoms with Crippen LogP contribution in [0.2, 0.25) is 0 Å². The molecule has 0 bridgehead atoms. The zero-order chi connectivity index (χ0) is 9.40. The number of pyridine rings is 1. The molecule has 0 unspecified atom stereocenters. The first-order valence-corrected chi connectivity index (χ1v) is 3.35. The molecule has 3 nitrogen and oxygen atoms in total. The van der Waals surface area contributed by atoms with E-state index in [1.165, 1.54) is 6.92 Å². The fourth-order valence-corrected chi connectivity index (χ4v) is 0.526. The lowest BCUT2D eigenvalue weighted by molar-refractivity contribution is 1.21. The van der Waals surface area contributed by atoms with Gasteiger partial charge in [-0.05, 0) is 6.92 Å². The third-order valence-electron chi connectivity index (χ3n) is 1.02. The number of hydrogen-bond acceptors (Lipinski definition) is 2. The van der Waals surface area contributed by atoms with Crippen molar-refractivity contribution in [3.8, 4) is 6.07 Å². The van der Waals surface area contributed by atoms with Crippen LogP contribution in [-0.2, 0) is 0 Å². The Morgan fingerprint density at radius 2 is 2.17 bits per heavy atom. The molecule has 0 aliphatic heterocycles. The maximum absolute atomic E-state index is 7.32. The summed E-state index contributed by atoms with van der Waals surface area (Å²) < 4.78 is 0. The first-order valence-electron chi connectivity index (χ1n) is 3.35. The monoisotopic (exact) mass is 159 g/mol. The van der Waals surface area contributed by atoms with Gasteiger partial charge < -0.3 is 0 Å². The molecule has 0 saturated carbocycles. The molecule has 0 saturated heterocycles. The standard InChI is InChI=1S/C7H6N2.C2H3N/c1-6-3-4-7(8-2)5-9-6;1-2-3/h3-5H,1H3;1H3. The number of nitrogens with zero attached hydrogens (tertiary/aromatic N) is 3. The molecule has 1 aromatic heterocycles. The van der Waals surface area contributed by atoms with Crippen molar-refractivity contribution in [2.75, 3.05) is 0 Å². The molecule has 0 aliphatic rings. The molecule has 0 fully saturated rings. The van der Waals surface area contributed by atoms with Crippen LogP contribution >= 0.6 is 0 Å². The molecule has 0 spiro atoms. The van der Waals surface area contributed by atoms with Gasteiger partial charge in [-0.2, -0.15) is 5.26 Å². The maximum atomic E-state index is 7.32. The molecule has 12 heavy (non-hydrogen) atoms. The Labute approximate surface area is 72.1 Å². The topological polar surface area (TPSA) is 41.0 Å². The molecular weight excluding hydrogens is 150 g/mol. The summed E-state index contributed by atoms with van der Waals surface area (Å²) in [5.41, 5.74) is 1.54. The largest absolute Gasteiger partial charge is 0.273 e. The van der Waals surface area contributed by atoms with Gasteiger partial charge in [-0.1, -0.05) is 12.1 Å². The van der Waals surface area contributed by atoms with E-state index in [0.29, 0.717) is 5.69 Å². The summed E-state index contributed by atoms with van der Waals surface area (Å²) in [6, 6.07) is 5.34. The average Bonchev–Trinajstić information content (AvgIpc) is 2.07. The van der Waals surface area contributed by atoms with Crippen molar-refractivity contribution >= 4 is 5.69 Å². The summed E-state index contributed by atoms with van der Waals surface area (Å²) in [6.45, 7) is 9.93. The van der Waals surface area contributed by atoms with E-state index in [0.717, 1.165) is 5.69 Å². The van der Waals surface area contributed by atoms with Crippen molar-refractivity contribution in [2.45, 2.75) is 13.8 Å². The second-order valence-electron chi connectivity index (χ2n) is 1.99. The van der Waals surface area contributed by atoms with Gasteiger partial charge in [-0.15, -0.1) is 0 Å². The number of rotatable bonds is 0. The smallest absolute Gasteiger partial charge is 0.205 e. The fourth-order valence-electron chi connectivity index (χ4n) is 0.526. The summed E-state index contributed by atoms with van der Waals surface area (Å²) >= 11 is 0. The number of nitriles is 1. The van der Waals surface area contributed by atoms with Crippen LogP contribution in [0.15, 0.2) is 18.3 Å². The number of aryl methyl sites for hydroxylation is 1. The van der Waals surface area contributed by atoms with Gasteiger partial charge in [0.15, 0.2) is 0 Å². The Kier molecular flexibility index (Phi) is 4.96. The summed E-state index contributed by atoms with van der Waals surface area (Å²) in [6.07, 6.45) is 1.57. The van der Waals surface area contributed by atoms with Crippen molar-refractivity contribution in [2.24, 2.45) is 0 Å². The summed E-state index contributed by atoms with van der Waals surface area (Å²) in [7, 11) is 0. The predicted octanol–water partition coefficient (Wildman–Crippen LogP) is 2.47. The lowest BCUT2D eigenvalue weighted by atomic mass is 10.3. The van der Waals surface area contributed by atoms with Gasteiger partial charge >= 0.3 is 0 Å². The van der Waals surface area contributed by atoms with Crippen LogP contribution in [0.1, 0.15) is 12.6 Å². The third kappa shape index (κ3) is 4.03. The van der Waals surface area contributed by atoms with E-state index in [1.54, 1.807) is 18.3 Å². The van der Waals surface area contributed by atoms with Crippen LogP contribution in [0.5, 0.6) is 0 Å². The van der Waals surface area contributed by atoms with Crippen LogP contribution < -0.4 is 0 Å². The van der Waals surface area contributed by atoms with Crippen LogP contribution in [0, 0.1) is 24.8 Å². The van der Waals surface area contributed by atoms with Gasteiger partial charge in [0, 0.05) is 18.8 Å². The second kappa shape index (κ2) is 5.88. The van der Waals surface area contributed by atoms with Crippen LogP contribution in [-0.4, -0.2) is 4.98 Å². The van der Waals surface area contributed by atoms with Crippen LogP contribution in [0.25, 0.3) is 4.85 Å². The van der Waals surface area contributed by atoms with Crippen molar-refractivity contribution in [3.05, 3.63) is 35.4 Å². The fraction of sp³-hybridized carbons (Fsp3) is 0.222. The van der Waals surface area contributed by atoms with Gasteiger partial charge in [-0.25, -0.2) is 4.85 Å². The van der Waals surface area contributed by atoms with Crippen molar-refractivity contribution < 1.29 is 0 Å². The molecule has 3 heteroatoms. The van der Waals surface area contributed by atoms with Crippen molar-refractivity contribution in [1.29, 1.82) is 5.26 Å². The Bertz CT molecular complexity index is 300. The lowest BCUT2D eigenvalue weighted by Crippen LogP contribution is -1.74. The van der Waals surface area contributed by atoms with Crippen LogP contribution in [0.3, 0.4) is 0 Å². The minimum absolute atomic E-state index is 0.598. The Morgan fingerprint density at radius 1 is 1.58 bits per heavy atom. The normalized spacial score (nSPS) is 7.00. The van der Waals surface area contributed by atoms with Crippen molar-refractivity contribution in [3.63, 3.8) is 0 Å². The van der Waals surface area contributed by atoms with Gasteiger partial charge in [0.25, 0.3) is 0 Å². The zero-order valence-electron chi connectivity index (χ0n) is 7.07. The molecular formula is C9H9N3. The van der Waals surface area contributed by atoms with Gasteiger partial charge in [-0.3, -0.25) is 4.98 Å². The predicted molar refractivity (Wildman–Crippen MR) is 46.5 cm³/mol. The van der Waals surface area contributed by atoms with E-state index in [2.05, 4.69) is 9.83 Å². The van der Waals surface area contributed by atoms with E-state index in [1.807, 2.05) is 13.0 Å². The highest BCUT2D eigenvalue weighted by atomic mass is 14.7. The molecule has 0 aliphatic carbocycles. The summed E-state index contributed by atoms with van der Waals surface area (Å²) in [5, 5.41) is 7.32. The average molecular weight is 159 g/mol. The molecule has 0 amide bonds. The maximum Gasteiger partial charge on any atom is 0.205 e. The zero-order valence-corrected chi connectivity index (χ0v) is 7.07. The number of hydrogen-bond donors (Lipinski definition) is 0. The van der Waals surface area contributed by atoms with Gasteiger partial charge in [0.05, 0.1) is 12.6 Å². The summed E-state index contributed by atoms with van der Waals surface area (Å²) in [4.78, 5) is 7.14. The van der Waals surface area contributed by atoms with E-state index >= 15 is 0 Å². The van der Waals surface area contributed by atoms with Gasteiger partial charge in [0.2, 0.25) is 5.69 Å². The third-order valence-corrected chi connectivity index (χ3v) is 1.02. The summed E-state index contributed by atoms with van der Waals surface area (Å²) in [5.74, 6) is 0. The molecule has 1 heterocycles. The molecule has 0 N–H and O–H groups in total. The van der Waals surface area contributed by atoms with Gasteiger partial charge in [0.1, 0.15) is 0 Å². The molecule has 0 radical (unpaired) electrons. The highest BCUT2D eigenvalue weighted by Gasteiger charge is 1.86. The highest BCUT2D eigenvalue weighted by Crippen LogP contribution is 2.07. The molecule has 0 atom stereocenters. The Balaban J connectivity index is 0.000000354. The first kappa shape index (κ1) is 10.1. The first-order chi connectivity index (χ1) is 5.74. The molecule has 1 aromatic rings. The van der Waals surface area contributed by atoms with E-state index in [4.69, 9.17) is 11.8 Å². The molecule has 60 valence electrons. The van der Waals surface area contributed by atoms with Crippen LogP contribution in [0.4, 0.5) is 5.69 Å². The quantitative estimate of drug-likeness (QED) is 0.545.